The standard InChI is InChI=1S/C10H17N3O2/c1-8-12-9(13-15-8)6-11-10(7-14)4-2-3-5-10/h11,14H,2-7H2,1H3. The van der Waals surface area contributed by atoms with E-state index in [2.05, 4.69) is 15.5 Å². The molecule has 2 rings (SSSR count). The highest BCUT2D eigenvalue weighted by Crippen LogP contribution is 2.29. The molecule has 1 saturated carbocycles. The first kappa shape index (κ1) is 10.6. The lowest BCUT2D eigenvalue weighted by molar-refractivity contribution is 0.161. The molecule has 1 aliphatic carbocycles. The van der Waals surface area contributed by atoms with Gasteiger partial charge in [-0.1, -0.05) is 18.0 Å². The average molecular weight is 211 g/mol. The van der Waals surface area contributed by atoms with Gasteiger partial charge in [0.15, 0.2) is 5.82 Å². The molecule has 84 valence electrons. The van der Waals surface area contributed by atoms with Gasteiger partial charge in [0.05, 0.1) is 13.2 Å². The number of aliphatic hydroxyl groups excluding tert-OH is 1. The Kier molecular flexibility index (Phi) is 3.02. The maximum Gasteiger partial charge on any atom is 0.223 e. The van der Waals surface area contributed by atoms with Crippen LogP contribution < -0.4 is 5.32 Å². The van der Waals surface area contributed by atoms with Gasteiger partial charge in [0.25, 0.3) is 0 Å². The van der Waals surface area contributed by atoms with Crippen LogP contribution in [0.1, 0.15) is 37.4 Å². The van der Waals surface area contributed by atoms with Crippen molar-refractivity contribution < 1.29 is 9.63 Å². The van der Waals surface area contributed by atoms with Gasteiger partial charge in [0.2, 0.25) is 5.89 Å². The minimum atomic E-state index is -0.117. The van der Waals surface area contributed by atoms with E-state index in [0.29, 0.717) is 18.3 Å². The summed E-state index contributed by atoms with van der Waals surface area (Å²) in [5.41, 5.74) is -0.117. The summed E-state index contributed by atoms with van der Waals surface area (Å²) in [5, 5.41) is 16.5. The highest BCUT2D eigenvalue weighted by Gasteiger charge is 2.32. The molecule has 0 spiro atoms. The summed E-state index contributed by atoms with van der Waals surface area (Å²) >= 11 is 0. The van der Waals surface area contributed by atoms with Crippen LogP contribution in [0, 0.1) is 6.92 Å². The molecule has 0 bridgehead atoms. The Morgan fingerprint density at radius 2 is 2.20 bits per heavy atom. The second-order valence-corrected chi connectivity index (χ2v) is 4.23. The van der Waals surface area contributed by atoms with E-state index in [1.165, 1.54) is 12.8 Å². The molecule has 1 aromatic rings. The zero-order valence-electron chi connectivity index (χ0n) is 8.99. The Labute approximate surface area is 88.9 Å². The minimum Gasteiger partial charge on any atom is -0.394 e. The fourth-order valence-corrected chi connectivity index (χ4v) is 2.12. The summed E-state index contributed by atoms with van der Waals surface area (Å²) in [4.78, 5) is 4.12. The maximum atomic E-state index is 9.37. The molecule has 5 heteroatoms. The van der Waals surface area contributed by atoms with Crippen LogP contribution in [0.2, 0.25) is 0 Å². The lowest BCUT2D eigenvalue weighted by Gasteiger charge is -2.27. The Morgan fingerprint density at radius 1 is 1.47 bits per heavy atom. The van der Waals surface area contributed by atoms with E-state index >= 15 is 0 Å². The van der Waals surface area contributed by atoms with Crippen molar-refractivity contribution in [2.24, 2.45) is 0 Å². The number of nitrogens with zero attached hydrogens (tertiary/aromatic N) is 2. The predicted octanol–water partition coefficient (Wildman–Crippen LogP) is 0.773. The zero-order valence-corrected chi connectivity index (χ0v) is 8.99. The quantitative estimate of drug-likeness (QED) is 0.769. The van der Waals surface area contributed by atoms with Gasteiger partial charge in [0.1, 0.15) is 0 Å². The van der Waals surface area contributed by atoms with E-state index in [1.807, 2.05) is 0 Å². The highest BCUT2D eigenvalue weighted by molar-refractivity contribution is 4.94. The van der Waals surface area contributed by atoms with Crippen LogP contribution in [0.4, 0.5) is 0 Å². The van der Waals surface area contributed by atoms with E-state index in [1.54, 1.807) is 6.92 Å². The number of nitrogens with one attached hydrogen (secondary N) is 1. The molecule has 1 heterocycles. The van der Waals surface area contributed by atoms with Crippen LogP contribution in [0.15, 0.2) is 4.52 Å². The van der Waals surface area contributed by atoms with Crippen molar-refractivity contribution in [3.05, 3.63) is 11.7 Å². The maximum absolute atomic E-state index is 9.37. The van der Waals surface area contributed by atoms with E-state index < -0.39 is 0 Å². The Bertz CT molecular complexity index is 318. The van der Waals surface area contributed by atoms with Gasteiger partial charge in [-0.2, -0.15) is 4.98 Å². The summed E-state index contributed by atoms with van der Waals surface area (Å²) in [7, 11) is 0. The molecule has 0 radical (unpaired) electrons. The molecular weight excluding hydrogens is 194 g/mol. The number of aliphatic hydroxyl groups is 1. The number of hydrogen-bond donors (Lipinski definition) is 2. The van der Waals surface area contributed by atoms with Crippen molar-refractivity contribution in [2.45, 2.75) is 44.7 Å². The van der Waals surface area contributed by atoms with Crippen LogP contribution >= 0.6 is 0 Å². The molecule has 0 amide bonds. The zero-order chi connectivity index (χ0) is 10.7. The Morgan fingerprint density at radius 3 is 2.73 bits per heavy atom. The smallest absolute Gasteiger partial charge is 0.223 e. The summed E-state index contributed by atoms with van der Waals surface area (Å²) < 4.78 is 4.88. The second kappa shape index (κ2) is 4.28. The minimum absolute atomic E-state index is 0.117. The molecule has 0 aliphatic heterocycles. The molecule has 1 aromatic heterocycles. The van der Waals surface area contributed by atoms with Crippen LogP contribution in [0.3, 0.4) is 0 Å². The van der Waals surface area contributed by atoms with E-state index in [9.17, 15) is 5.11 Å². The number of aromatic nitrogens is 2. The highest BCUT2D eigenvalue weighted by atomic mass is 16.5. The van der Waals surface area contributed by atoms with Crippen molar-refractivity contribution in [3.63, 3.8) is 0 Å². The lowest BCUT2D eigenvalue weighted by atomic mass is 9.99. The first-order valence-corrected chi connectivity index (χ1v) is 5.39. The van der Waals surface area contributed by atoms with Gasteiger partial charge in [-0.05, 0) is 12.8 Å². The van der Waals surface area contributed by atoms with Gasteiger partial charge >= 0.3 is 0 Å². The third kappa shape index (κ3) is 2.35. The van der Waals surface area contributed by atoms with Gasteiger partial charge < -0.3 is 14.9 Å². The molecular formula is C10H17N3O2. The van der Waals surface area contributed by atoms with Gasteiger partial charge in [-0.3, -0.25) is 0 Å². The average Bonchev–Trinajstić information content (AvgIpc) is 2.85. The Balaban J connectivity index is 1.91. The first-order valence-electron chi connectivity index (χ1n) is 5.39. The summed E-state index contributed by atoms with van der Waals surface area (Å²) in [6.07, 6.45) is 4.42. The van der Waals surface area contributed by atoms with Crippen molar-refractivity contribution in [2.75, 3.05) is 6.61 Å². The van der Waals surface area contributed by atoms with Crippen LogP contribution in [-0.4, -0.2) is 27.4 Å². The molecule has 2 N–H and O–H groups in total. The fourth-order valence-electron chi connectivity index (χ4n) is 2.12. The van der Waals surface area contributed by atoms with Crippen LogP contribution in [-0.2, 0) is 6.54 Å². The van der Waals surface area contributed by atoms with Crippen molar-refractivity contribution >= 4 is 0 Å². The SMILES string of the molecule is Cc1nc(CNC2(CO)CCCC2)no1. The molecule has 15 heavy (non-hydrogen) atoms. The third-order valence-corrected chi connectivity index (χ3v) is 3.05. The Hall–Kier alpha value is -0.940. The van der Waals surface area contributed by atoms with E-state index in [0.717, 1.165) is 12.8 Å². The molecule has 0 unspecified atom stereocenters. The largest absolute Gasteiger partial charge is 0.394 e. The lowest BCUT2D eigenvalue weighted by Crippen LogP contribution is -2.45. The summed E-state index contributed by atoms with van der Waals surface area (Å²) in [5.74, 6) is 1.24. The predicted molar refractivity (Wildman–Crippen MR) is 54.2 cm³/mol. The van der Waals surface area contributed by atoms with Gasteiger partial charge in [-0.15, -0.1) is 0 Å². The number of hydrogen-bond acceptors (Lipinski definition) is 5. The van der Waals surface area contributed by atoms with Crippen LogP contribution in [0.5, 0.6) is 0 Å². The van der Waals surface area contributed by atoms with Crippen molar-refractivity contribution in [1.29, 1.82) is 0 Å². The topological polar surface area (TPSA) is 71.2 Å². The third-order valence-electron chi connectivity index (χ3n) is 3.05. The summed E-state index contributed by atoms with van der Waals surface area (Å²) in [6, 6.07) is 0. The number of rotatable bonds is 4. The fraction of sp³-hybridized carbons (Fsp3) is 0.800. The molecule has 1 aliphatic rings. The second-order valence-electron chi connectivity index (χ2n) is 4.23. The number of aryl methyl sites for hydroxylation is 1. The monoisotopic (exact) mass is 211 g/mol. The molecule has 0 atom stereocenters. The molecule has 1 fully saturated rings. The molecule has 0 saturated heterocycles. The van der Waals surface area contributed by atoms with Gasteiger partial charge in [0, 0.05) is 12.5 Å². The van der Waals surface area contributed by atoms with E-state index in [-0.39, 0.29) is 12.1 Å². The normalized spacial score (nSPS) is 19.6. The molecule has 5 nitrogen and oxygen atoms in total. The first-order chi connectivity index (χ1) is 7.24. The summed E-state index contributed by atoms with van der Waals surface area (Å²) in [6.45, 7) is 2.52. The molecule has 0 aromatic carbocycles. The van der Waals surface area contributed by atoms with Crippen molar-refractivity contribution in [3.8, 4) is 0 Å². The van der Waals surface area contributed by atoms with Crippen LogP contribution in [0.25, 0.3) is 0 Å². The van der Waals surface area contributed by atoms with E-state index in [4.69, 9.17) is 4.52 Å². The van der Waals surface area contributed by atoms with Crippen molar-refractivity contribution in [1.82, 2.24) is 15.5 Å². The van der Waals surface area contributed by atoms with Gasteiger partial charge in [-0.25, -0.2) is 0 Å².